The van der Waals surface area contributed by atoms with E-state index in [4.69, 9.17) is 23.2 Å². The molecule has 0 saturated heterocycles. The highest BCUT2D eigenvalue weighted by molar-refractivity contribution is 6.35. The van der Waals surface area contributed by atoms with Gasteiger partial charge in [-0.05, 0) is 29.3 Å². The molecule has 0 fully saturated rings. The summed E-state index contributed by atoms with van der Waals surface area (Å²) in [6, 6.07) is 12.9. The van der Waals surface area contributed by atoms with Crippen LogP contribution in [0.15, 0.2) is 48.7 Å². The Bertz CT molecular complexity index is 889. The first-order valence-electron chi connectivity index (χ1n) is 7.08. The third-order valence-electron chi connectivity index (χ3n) is 3.97. The molecule has 0 N–H and O–H groups in total. The van der Waals surface area contributed by atoms with Crippen molar-refractivity contribution in [3.63, 3.8) is 0 Å². The quantitative estimate of drug-likeness (QED) is 0.497. The molecule has 1 heterocycles. The molecule has 6 heteroatoms. The zero-order valence-electron chi connectivity index (χ0n) is 12.4. The molecule has 4 nitrogen and oxygen atoms in total. The lowest BCUT2D eigenvalue weighted by Crippen LogP contribution is -2.14. The van der Waals surface area contributed by atoms with E-state index in [0.717, 1.165) is 16.5 Å². The number of nitro groups is 1. The maximum absolute atomic E-state index is 11.2. The van der Waals surface area contributed by atoms with E-state index in [9.17, 15) is 10.1 Å². The maximum atomic E-state index is 11.2. The normalized spacial score (nSPS) is 12.5. The van der Waals surface area contributed by atoms with E-state index in [1.165, 1.54) is 0 Å². The van der Waals surface area contributed by atoms with E-state index < -0.39 is 5.92 Å². The number of hydrogen-bond acceptors (Lipinski definition) is 2. The molecule has 3 rings (SSSR count). The van der Waals surface area contributed by atoms with Crippen molar-refractivity contribution in [1.82, 2.24) is 4.57 Å². The summed E-state index contributed by atoms with van der Waals surface area (Å²) in [6.07, 6.45) is 1.93. The third-order valence-corrected chi connectivity index (χ3v) is 4.54. The third kappa shape index (κ3) is 3.05. The van der Waals surface area contributed by atoms with E-state index in [1.54, 1.807) is 18.2 Å². The highest BCUT2D eigenvalue weighted by Gasteiger charge is 2.26. The molecule has 23 heavy (non-hydrogen) atoms. The molecule has 3 aromatic rings. The number of halogens is 2. The van der Waals surface area contributed by atoms with Crippen LogP contribution in [0.1, 0.15) is 17.0 Å². The van der Waals surface area contributed by atoms with Gasteiger partial charge in [-0.3, -0.25) is 10.1 Å². The molecule has 0 aliphatic rings. The van der Waals surface area contributed by atoms with Crippen molar-refractivity contribution >= 4 is 34.1 Å². The molecule has 2 aromatic carbocycles. The number of hydrogen-bond donors (Lipinski definition) is 0. The predicted octanol–water partition coefficient (Wildman–Crippen LogP) is 4.89. The van der Waals surface area contributed by atoms with E-state index in [0.29, 0.717) is 15.6 Å². The van der Waals surface area contributed by atoms with Crippen molar-refractivity contribution in [1.29, 1.82) is 0 Å². The lowest BCUT2D eigenvalue weighted by atomic mass is 9.91. The topological polar surface area (TPSA) is 48.1 Å². The molecule has 0 saturated carbocycles. The Morgan fingerprint density at radius 2 is 1.91 bits per heavy atom. The van der Waals surface area contributed by atoms with Crippen LogP contribution in [0, 0.1) is 10.1 Å². The van der Waals surface area contributed by atoms with Gasteiger partial charge in [-0.25, -0.2) is 0 Å². The Balaban J connectivity index is 2.21. The number of benzene rings is 2. The van der Waals surface area contributed by atoms with Crippen molar-refractivity contribution in [2.75, 3.05) is 6.54 Å². The number of aromatic nitrogens is 1. The van der Waals surface area contributed by atoms with Crippen LogP contribution in [0.4, 0.5) is 0 Å². The zero-order valence-corrected chi connectivity index (χ0v) is 13.9. The predicted molar refractivity (Wildman–Crippen MR) is 93.1 cm³/mol. The Hall–Kier alpha value is -2.04. The number of para-hydroxylation sites is 1. The van der Waals surface area contributed by atoms with Gasteiger partial charge in [0.15, 0.2) is 0 Å². The van der Waals surface area contributed by atoms with Crippen molar-refractivity contribution in [2.24, 2.45) is 7.05 Å². The smallest absolute Gasteiger partial charge is 0.214 e. The number of fused-ring (bicyclic) bond motifs is 1. The van der Waals surface area contributed by atoms with Crippen LogP contribution in [0.25, 0.3) is 10.9 Å². The fraction of sp³-hybridized carbons (Fsp3) is 0.176. The van der Waals surface area contributed by atoms with Gasteiger partial charge in [0.25, 0.3) is 0 Å². The van der Waals surface area contributed by atoms with Crippen LogP contribution in [0.5, 0.6) is 0 Å². The van der Waals surface area contributed by atoms with Crippen LogP contribution >= 0.6 is 23.2 Å². The minimum absolute atomic E-state index is 0.227. The summed E-state index contributed by atoms with van der Waals surface area (Å²) in [5.41, 5.74) is 2.63. The molecule has 0 aliphatic heterocycles. The number of rotatable bonds is 4. The van der Waals surface area contributed by atoms with Gasteiger partial charge >= 0.3 is 0 Å². The van der Waals surface area contributed by atoms with Crippen LogP contribution in [0.3, 0.4) is 0 Å². The van der Waals surface area contributed by atoms with Gasteiger partial charge in [-0.1, -0.05) is 47.5 Å². The monoisotopic (exact) mass is 348 g/mol. The lowest BCUT2D eigenvalue weighted by molar-refractivity contribution is -0.481. The molecule has 0 spiro atoms. The van der Waals surface area contributed by atoms with Crippen LogP contribution in [-0.4, -0.2) is 16.0 Å². The zero-order chi connectivity index (χ0) is 16.6. The van der Waals surface area contributed by atoms with E-state index in [1.807, 2.05) is 42.1 Å². The van der Waals surface area contributed by atoms with Crippen LogP contribution in [0.2, 0.25) is 10.0 Å². The lowest BCUT2D eigenvalue weighted by Gasteiger charge is -2.15. The Morgan fingerprint density at radius 3 is 2.61 bits per heavy atom. The van der Waals surface area contributed by atoms with Gasteiger partial charge in [0.05, 0.1) is 5.92 Å². The Labute approximate surface area is 143 Å². The molecule has 0 radical (unpaired) electrons. The molecule has 1 unspecified atom stereocenters. The average molecular weight is 349 g/mol. The number of nitrogens with zero attached hydrogens (tertiary/aromatic N) is 2. The SMILES string of the molecule is Cn1cc(C(C[N+](=O)[O-])c2ccc(Cl)cc2Cl)c2ccccc21. The summed E-state index contributed by atoms with van der Waals surface area (Å²) < 4.78 is 1.97. The summed E-state index contributed by atoms with van der Waals surface area (Å²) in [4.78, 5) is 10.9. The van der Waals surface area contributed by atoms with E-state index >= 15 is 0 Å². The van der Waals surface area contributed by atoms with Gasteiger partial charge < -0.3 is 4.57 Å². The standard InChI is InChI=1S/C17H14Cl2N2O2/c1-20-9-14(13-4-2-3-5-17(13)20)15(10-21(22)23)12-7-6-11(18)8-16(12)19/h2-9,15H,10H2,1H3. The highest BCUT2D eigenvalue weighted by atomic mass is 35.5. The molecular weight excluding hydrogens is 335 g/mol. The van der Waals surface area contributed by atoms with E-state index in [-0.39, 0.29) is 11.5 Å². The van der Waals surface area contributed by atoms with Gasteiger partial charge in [-0.15, -0.1) is 0 Å². The fourth-order valence-corrected chi connectivity index (χ4v) is 3.49. The van der Waals surface area contributed by atoms with Crippen LogP contribution < -0.4 is 0 Å². The molecule has 1 aromatic heterocycles. The molecular formula is C17H14Cl2N2O2. The first-order valence-corrected chi connectivity index (χ1v) is 7.83. The van der Waals surface area contributed by atoms with Crippen molar-refractivity contribution in [2.45, 2.75) is 5.92 Å². The summed E-state index contributed by atoms with van der Waals surface area (Å²) in [5.74, 6) is -0.430. The second-order valence-corrected chi connectivity index (χ2v) is 6.29. The van der Waals surface area contributed by atoms with Crippen molar-refractivity contribution in [3.05, 3.63) is 79.9 Å². The Morgan fingerprint density at radius 1 is 1.17 bits per heavy atom. The summed E-state index contributed by atoms with van der Waals surface area (Å²) in [7, 11) is 1.93. The van der Waals surface area contributed by atoms with Gasteiger partial charge in [0.1, 0.15) is 0 Å². The van der Waals surface area contributed by atoms with Crippen LogP contribution in [-0.2, 0) is 7.05 Å². The first-order chi connectivity index (χ1) is 11.0. The Kier molecular flexibility index (Phi) is 4.28. The largest absolute Gasteiger partial charge is 0.350 e. The molecule has 1 atom stereocenters. The minimum atomic E-state index is -0.430. The number of aryl methyl sites for hydroxylation is 1. The molecule has 0 aliphatic carbocycles. The second kappa shape index (κ2) is 6.22. The van der Waals surface area contributed by atoms with Gasteiger partial charge in [0.2, 0.25) is 6.54 Å². The highest BCUT2D eigenvalue weighted by Crippen LogP contribution is 2.36. The summed E-state index contributed by atoms with van der Waals surface area (Å²) in [5, 5.41) is 13.2. The fourth-order valence-electron chi connectivity index (χ4n) is 2.95. The van der Waals surface area contributed by atoms with Crippen molar-refractivity contribution < 1.29 is 4.92 Å². The summed E-state index contributed by atoms with van der Waals surface area (Å²) >= 11 is 12.3. The van der Waals surface area contributed by atoms with E-state index in [2.05, 4.69) is 0 Å². The second-order valence-electron chi connectivity index (χ2n) is 5.45. The van der Waals surface area contributed by atoms with Crippen molar-refractivity contribution in [3.8, 4) is 0 Å². The maximum Gasteiger partial charge on any atom is 0.214 e. The van der Waals surface area contributed by atoms with Gasteiger partial charge in [-0.2, -0.15) is 0 Å². The molecule has 0 amide bonds. The van der Waals surface area contributed by atoms with Gasteiger partial charge in [0, 0.05) is 39.1 Å². The minimum Gasteiger partial charge on any atom is -0.350 e. The average Bonchev–Trinajstić information content (AvgIpc) is 2.83. The first kappa shape index (κ1) is 15.8. The summed E-state index contributed by atoms with van der Waals surface area (Å²) in [6.45, 7) is -0.227. The molecule has 0 bridgehead atoms. The molecule has 118 valence electrons.